The van der Waals surface area contributed by atoms with Crippen molar-refractivity contribution in [2.45, 2.75) is 189 Å². The number of nitrogens with one attached hydrogen (secondary N) is 4. The van der Waals surface area contributed by atoms with Gasteiger partial charge in [0, 0.05) is 26.2 Å². The normalized spacial score (nSPS) is 11.8. The van der Waals surface area contributed by atoms with Gasteiger partial charge in [-0.15, -0.1) is 0 Å². The van der Waals surface area contributed by atoms with Gasteiger partial charge in [0.05, 0.1) is 0 Å². The van der Waals surface area contributed by atoms with E-state index in [0.717, 1.165) is 77.0 Å². The lowest BCUT2D eigenvalue weighted by atomic mass is 10.1. The van der Waals surface area contributed by atoms with Gasteiger partial charge >= 0.3 is 24.4 Å². The molecule has 0 bridgehead atoms. The molecule has 0 heterocycles. The van der Waals surface area contributed by atoms with Gasteiger partial charge in [0.1, 0.15) is 22.4 Å². The van der Waals surface area contributed by atoms with E-state index >= 15 is 0 Å². The number of hydrogen-bond donors (Lipinski definition) is 4. The van der Waals surface area contributed by atoms with Crippen LogP contribution in [0.4, 0.5) is 19.2 Å². The fourth-order valence-corrected chi connectivity index (χ4v) is 4.11. The molecule has 49 heavy (non-hydrogen) atoms. The van der Waals surface area contributed by atoms with E-state index in [1.165, 1.54) is 6.42 Å². The van der Waals surface area contributed by atoms with Crippen molar-refractivity contribution in [3.8, 4) is 0 Å². The average molecular weight is 703 g/mol. The molecule has 290 valence electrons. The number of alkyl carbamates (subject to hydrolysis) is 4. The van der Waals surface area contributed by atoms with Crippen LogP contribution in [0, 0.1) is 0 Å². The molecular formula is C37H74N4O8. The molecule has 12 heteroatoms. The first-order chi connectivity index (χ1) is 22.5. The number of ether oxygens (including phenoxy) is 4. The molecule has 0 unspecified atom stereocenters. The van der Waals surface area contributed by atoms with E-state index in [-0.39, 0.29) is 24.4 Å². The number of amides is 4. The fourth-order valence-electron chi connectivity index (χ4n) is 4.11. The minimum Gasteiger partial charge on any atom is -0.444 e. The molecule has 0 aromatic carbocycles. The first-order valence-electron chi connectivity index (χ1n) is 18.4. The molecule has 0 atom stereocenters. The predicted octanol–water partition coefficient (Wildman–Crippen LogP) is 9.14. The van der Waals surface area contributed by atoms with E-state index < -0.39 is 22.4 Å². The van der Waals surface area contributed by atoms with E-state index in [9.17, 15) is 19.2 Å². The van der Waals surface area contributed by atoms with Crippen molar-refractivity contribution < 1.29 is 38.1 Å². The summed E-state index contributed by atoms with van der Waals surface area (Å²) >= 11 is 0. The standard InChI is InChI=1S/C19H38N2O4.C18H36N2O4/c1-18(2,3)24-16(22)20-14-12-10-8-7-9-11-13-15-21-17(23)25-19(4,5)6;1-17(2,3)23-15(21)19-13-11-9-7-8-10-12-14-20-16(22)24-18(4,5)6/h7-15H2,1-6H3,(H,20,22)(H,21,23);7-14H2,1-6H3,(H,19,21)(H,20,22). The minimum absolute atomic E-state index is 0.343. The molecule has 0 rings (SSSR count). The van der Waals surface area contributed by atoms with Gasteiger partial charge in [-0.3, -0.25) is 0 Å². The smallest absolute Gasteiger partial charge is 0.407 e. The highest BCUT2D eigenvalue weighted by molar-refractivity contribution is 5.68. The molecule has 12 nitrogen and oxygen atoms in total. The number of unbranched alkanes of at least 4 members (excludes halogenated alkanes) is 11. The lowest BCUT2D eigenvalue weighted by Gasteiger charge is -2.19. The third kappa shape index (κ3) is 43.1. The second-order valence-electron chi connectivity index (χ2n) is 16.3. The molecule has 0 radical (unpaired) electrons. The second-order valence-corrected chi connectivity index (χ2v) is 16.3. The van der Waals surface area contributed by atoms with E-state index in [0.29, 0.717) is 26.2 Å². The molecule has 4 amide bonds. The highest BCUT2D eigenvalue weighted by Crippen LogP contribution is 2.11. The molecule has 0 aromatic rings. The predicted molar refractivity (Wildman–Crippen MR) is 197 cm³/mol. The van der Waals surface area contributed by atoms with E-state index in [2.05, 4.69) is 21.3 Å². The van der Waals surface area contributed by atoms with Gasteiger partial charge in [0.15, 0.2) is 0 Å². The molecular weight excluding hydrogens is 628 g/mol. The summed E-state index contributed by atoms with van der Waals surface area (Å²) in [5, 5.41) is 11.1. The fraction of sp³-hybridized carbons (Fsp3) is 0.892. The monoisotopic (exact) mass is 703 g/mol. The van der Waals surface area contributed by atoms with Crippen LogP contribution in [0.25, 0.3) is 0 Å². The second kappa shape index (κ2) is 26.0. The largest absolute Gasteiger partial charge is 0.444 e. The Bertz CT molecular complexity index is 828. The third-order valence-electron chi connectivity index (χ3n) is 6.13. The Labute approximate surface area is 298 Å². The van der Waals surface area contributed by atoms with Crippen molar-refractivity contribution in [3.05, 3.63) is 0 Å². The Hall–Kier alpha value is -2.92. The molecule has 0 saturated heterocycles. The Kier molecular flexibility index (Phi) is 25.5. The number of hydrogen-bond acceptors (Lipinski definition) is 8. The van der Waals surface area contributed by atoms with Crippen LogP contribution >= 0.6 is 0 Å². The molecule has 0 aliphatic heterocycles. The molecule has 0 spiro atoms. The molecule has 0 aliphatic rings. The van der Waals surface area contributed by atoms with Crippen LogP contribution in [-0.4, -0.2) is 73.0 Å². The summed E-state index contributed by atoms with van der Waals surface area (Å²) in [6.07, 6.45) is 12.6. The quantitative estimate of drug-likeness (QED) is 0.0768. The van der Waals surface area contributed by atoms with Crippen molar-refractivity contribution in [2.75, 3.05) is 26.2 Å². The van der Waals surface area contributed by atoms with E-state index in [4.69, 9.17) is 18.9 Å². The first-order valence-corrected chi connectivity index (χ1v) is 18.4. The minimum atomic E-state index is -0.447. The molecule has 4 N–H and O–H groups in total. The zero-order chi connectivity index (χ0) is 38.0. The summed E-state index contributed by atoms with van der Waals surface area (Å²) in [6, 6.07) is 0. The van der Waals surface area contributed by atoms with Gasteiger partial charge in [0.2, 0.25) is 0 Å². The van der Waals surface area contributed by atoms with Crippen molar-refractivity contribution in [1.82, 2.24) is 21.3 Å². The summed E-state index contributed by atoms with van der Waals surface area (Å²) in [5.41, 5.74) is -1.78. The van der Waals surface area contributed by atoms with Crippen LogP contribution in [0.2, 0.25) is 0 Å². The Morgan fingerprint density at radius 2 is 0.449 bits per heavy atom. The maximum absolute atomic E-state index is 11.4. The zero-order valence-electron chi connectivity index (χ0n) is 33.3. The van der Waals surface area contributed by atoms with E-state index in [1.807, 2.05) is 83.1 Å². The molecule has 0 aliphatic carbocycles. The number of carbonyl (C=O) groups excluding carboxylic acids is 4. The SMILES string of the molecule is CC(C)(C)OC(=O)NCCCCCCCCCNC(=O)OC(C)(C)C.CC(C)(C)OC(=O)NCCCCCCCCNC(=O)OC(C)(C)C. The maximum atomic E-state index is 11.4. The van der Waals surface area contributed by atoms with Gasteiger partial charge in [-0.05, 0) is 109 Å². The number of rotatable bonds is 19. The first kappa shape index (κ1) is 48.2. The maximum Gasteiger partial charge on any atom is 0.407 e. The van der Waals surface area contributed by atoms with Crippen LogP contribution in [-0.2, 0) is 18.9 Å². The Morgan fingerprint density at radius 1 is 0.306 bits per heavy atom. The van der Waals surface area contributed by atoms with Crippen molar-refractivity contribution in [2.24, 2.45) is 0 Å². The molecule has 0 aromatic heterocycles. The summed E-state index contributed by atoms with van der Waals surface area (Å²) in [4.78, 5) is 45.8. The average Bonchev–Trinajstić information content (AvgIpc) is 2.89. The van der Waals surface area contributed by atoms with Crippen molar-refractivity contribution in [1.29, 1.82) is 0 Å². The van der Waals surface area contributed by atoms with Gasteiger partial charge in [-0.2, -0.15) is 0 Å². The van der Waals surface area contributed by atoms with Gasteiger partial charge in [-0.1, -0.05) is 57.8 Å². The molecule has 0 fully saturated rings. The summed E-state index contributed by atoms with van der Waals surface area (Å²) in [7, 11) is 0. The van der Waals surface area contributed by atoms with Crippen LogP contribution < -0.4 is 21.3 Å². The molecule has 0 saturated carbocycles. The number of carbonyl (C=O) groups is 4. The Morgan fingerprint density at radius 3 is 0.592 bits per heavy atom. The van der Waals surface area contributed by atoms with Crippen molar-refractivity contribution >= 4 is 24.4 Å². The van der Waals surface area contributed by atoms with Gasteiger partial charge < -0.3 is 40.2 Å². The highest BCUT2D eigenvalue weighted by Gasteiger charge is 2.17. The Balaban J connectivity index is 0. The van der Waals surface area contributed by atoms with Crippen LogP contribution in [0.15, 0.2) is 0 Å². The third-order valence-corrected chi connectivity index (χ3v) is 6.13. The van der Waals surface area contributed by atoms with Crippen LogP contribution in [0.1, 0.15) is 167 Å². The zero-order valence-corrected chi connectivity index (χ0v) is 33.3. The van der Waals surface area contributed by atoms with Crippen LogP contribution in [0.3, 0.4) is 0 Å². The van der Waals surface area contributed by atoms with Crippen LogP contribution in [0.5, 0.6) is 0 Å². The van der Waals surface area contributed by atoms with E-state index in [1.54, 1.807) is 0 Å². The summed E-state index contributed by atoms with van der Waals surface area (Å²) < 4.78 is 20.7. The highest BCUT2D eigenvalue weighted by atomic mass is 16.6. The topological polar surface area (TPSA) is 153 Å². The van der Waals surface area contributed by atoms with Gasteiger partial charge in [0.25, 0.3) is 0 Å². The summed E-state index contributed by atoms with van der Waals surface area (Å²) in [5.74, 6) is 0. The summed E-state index contributed by atoms with van der Waals surface area (Å²) in [6.45, 7) is 24.9. The lowest BCUT2D eigenvalue weighted by molar-refractivity contribution is 0.0515. The van der Waals surface area contributed by atoms with Gasteiger partial charge in [-0.25, -0.2) is 19.2 Å². The van der Waals surface area contributed by atoms with Crippen molar-refractivity contribution in [3.63, 3.8) is 0 Å². The lowest BCUT2D eigenvalue weighted by Crippen LogP contribution is -2.33.